The van der Waals surface area contributed by atoms with Crippen LogP contribution in [0.2, 0.25) is 0 Å². The highest BCUT2D eigenvalue weighted by Gasteiger charge is 2.27. The van der Waals surface area contributed by atoms with Gasteiger partial charge in [0.1, 0.15) is 0 Å². The number of fused-ring (bicyclic) bond motifs is 3. The fourth-order valence-electron chi connectivity index (χ4n) is 3.01. The summed E-state index contributed by atoms with van der Waals surface area (Å²) in [5.74, 6) is 1.26. The molecular weight excluding hydrogens is 284 g/mol. The Bertz CT molecular complexity index is 794. The third kappa shape index (κ3) is 1.80. The zero-order valence-electron chi connectivity index (χ0n) is 12.0. The Morgan fingerprint density at radius 3 is 2.68 bits per heavy atom. The zero-order valence-corrected chi connectivity index (χ0v) is 12.0. The summed E-state index contributed by atoms with van der Waals surface area (Å²) in [6.07, 6.45) is 0.833. The lowest BCUT2D eigenvalue weighted by molar-refractivity contribution is -0.116. The maximum Gasteiger partial charge on any atom is 0.231 e. The van der Waals surface area contributed by atoms with Crippen molar-refractivity contribution in [1.29, 1.82) is 0 Å². The quantitative estimate of drug-likeness (QED) is 0.755. The average Bonchev–Trinajstić information content (AvgIpc) is 3.06. The summed E-state index contributed by atoms with van der Waals surface area (Å²) in [5.41, 5.74) is 3.26. The molecule has 112 valence electrons. The van der Waals surface area contributed by atoms with Gasteiger partial charge in [0.2, 0.25) is 12.7 Å². The number of rotatable bonds is 1. The molecule has 2 aliphatic heterocycles. The molecule has 0 fully saturated rings. The number of carbonyl (C=O) groups is 2. The Kier molecular flexibility index (Phi) is 2.72. The van der Waals surface area contributed by atoms with E-state index in [4.69, 9.17) is 9.47 Å². The van der Waals surface area contributed by atoms with Crippen LogP contribution in [0.5, 0.6) is 11.5 Å². The predicted molar refractivity (Wildman–Crippen MR) is 78.4 cm³/mol. The first-order valence-corrected chi connectivity index (χ1v) is 7.01. The van der Waals surface area contributed by atoms with Crippen molar-refractivity contribution in [3.63, 3.8) is 0 Å². The smallest absolute Gasteiger partial charge is 0.231 e. The second kappa shape index (κ2) is 4.62. The molecule has 6 nitrogen and oxygen atoms in total. The number of hydrogen-bond donors (Lipinski definition) is 0. The van der Waals surface area contributed by atoms with E-state index in [2.05, 4.69) is 0 Å². The van der Waals surface area contributed by atoms with Gasteiger partial charge in [-0.25, -0.2) is 0 Å². The Morgan fingerprint density at radius 1 is 1.18 bits per heavy atom. The monoisotopic (exact) mass is 298 g/mol. The van der Waals surface area contributed by atoms with Gasteiger partial charge in [0.25, 0.3) is 0 Å². The maximum atomic E-state index is 12.1. The lowest BCUT2D eigenvalue weighted by Gasteiger charge is -2.21. The fraction of sp³-hybridized carbons (Fsp3) is 0.250. The van der Waals surface area contributed by atoms with Crippen LogP contribution in [0, 0.1) is 0 Å². The van der Waals surface area contributed by atoms with Gasteiger partial charge in [0, 0.05) is 18.7 Å². The summed E-state index contributed by atoms with van der Waals surface area (Å²) < 4.78 is 12.8. The summed E-state index contributed by atoms with van der Waals surface area (Å²) in [4.78, 5) is 25.0. The highest BCUT2D eigenvalue weighted by atomic mass is 16.7. The minimum absolute atomic E-state index is 0.0533. The summed E-state index contributed by atoms with van der Waals surface area (Å²) in [6, 6.07) is 7.38. The van der Waals surface area contributed by atoms with Crippen LogP contribution in [0.15, 0.2) is 24.3 Å². The summed E-state index contributed by atoms with van der Waals surface area (Å²) in [7, 11) is 0. The van der Waals surface area contributed by atoms with Gasteiger partial charge in [-0.15, -0.1) is 0 Å². The van der Waals surface area contributed by atoms with Crippen LogP contribution in [-0.4, -0.2) is 23.6 Å². The Labute approximate surface area is 126 Å². The van der Waals surface area contributed by atoms with Crippen molar-refractivity contribution >= 4 is 17.9 Å². The topological polar surface area (TPSA) is 60.8 Å². The summed E-state index contributed by atoms with van der Waals surface area (Å²) in [6.45, 7) is 2.67. The molecule has 0 unspecified atom stereocenters. The molecule has 0 saturated heterocycles. The van der Waals surface area contributed by atoms with Gasteiger partial charge >= 0.3 is 0 Å². The van der Waals surface area contributed by atoms with Crippen LogP contribution in [0.1, 0.15) is 28.7 Å². The molecule has 4 rings (SSSR count). The number of anilines is 1. The molecule has 22 heavy (non-hydrogen) atoms. The SMILES string of the molecule is CC(=O)N1Cc2ccc(C=O)n2Cc2cc3c(cc21)OCO3. The molecule has 1 aromatic heterocycles. The first-order valence-electron chi connectivity index (χ1n) is 7.01. The van der Waals surface area contributed by atoms with E-state index in [1.807, 2.05) is 22.8 Å². The van der Waals surface area contributed by atoms with Crippen LogP contribution < -0.4 is 14.4 Å². The summed E-state index contributed by atoms with van der Waals surface area (Å²) >= 11 is 0. The molecule has 0 spiro atoms. The van der Waals surface area contributed by atoms with Crippen molar-refractivity contribution < 1.29 is 19.1 Å². The van der Waals surface area contributed by atoms with Gasteiger partial charge in [-0.1, -0.05) is 0 Å². The van der Waals surface area contributed by atoms with Crippen LogP contribution in [0.3, 0.4) is 0 Å². The van der Waals surface area contributed by atoms with Gasteiger partial charge in [0.05, 0.1) is 24.5 Å². The zero-order chi connectivity index (χ0) is 15.3. The molecular formula is C16H14N2O4. The molecule has 0 bridgehead atoms. The fourth-order valence-corrected chi connectivity index (χ4v) is 3.01. The summed E-state index contributed by atoms with van der Waals surface area (Å²) in [5, 5.41) is 0. The minimum atomic E-state index is -0.0533. The van der Waals surface area contributed by atoms with E-state index in [9.17, 15) is 9.59 Å². The second-order valence-electron chi connectivity index (χ2n) is 5.39. The number of amides is 1. The second-order valence-corrected chi connectivity index (χ2v) is 5.39. The van der Waals surface area contributed by atoms with Gasteiger partial charge < -0.3 is 18.9 Å². The van der Waals surface area contributed by atoms with Crippen LogP contribution >= 0.6 is 0 Å². The van der Waals surface area contributed by atoms with Crippen LogP contribution in [0.4, 0.5) is 5.69 Å². The number of aromatic nitrogens is 1. The molecule has 0 saturated carbocycles. The molecule has 6 heteroatoms. The predicted octanol–water partition coefficient (Wildman–Crippen LogP) is 1.94. The van der Waals surface area contributed by atoms with Crippen molar-refractivity contribution in [3.8, 4) is 11.5 Å². The number of aldehydes is 1. The molecule has 0 N–H and O–H groups in total. The highest BCUT2D eigenvalue weighted by Crippen LogP contribution is 2.40. The van der Waals surface area contributed by atoms with Crippen LogP contribution in [-0.2, 0) is 17.9 Å². The molecule has 3 heterocycles. The Balaban J connectivity index is 1.91. The molecule has 0 atom stereocenters. The maximum absolute atomic E-state index is 12.1. The first-order chi connectivity index (χ1) is 10.7. The molecule has 1 aromatic carbocycles. The van der Waals surface area contributed by atoms with Gasteiger partial charge in [-0.2, -0.15) is 0 Å². The number of benzene rings is 1. The molecule has 1 amide bonds. The van der Waals surface area contributed by atoms with E-state index in [-0.39, 0.29) is 12.7 Å². The molecule has 2 aromatic rings. The number of ether oxygens (including phenoxy) is 2. The van der Waals surface area contributed by atoms with Crippen molar-refractivity contribution in [2.75, 3.05) is 11.7 Å². The lowest BCUT2D eigenvalue weighted by Crippen LogP contribution is -2.27. The van der Waals surface area contributed by atoms with E-state index in [0.29, 0.717) is 30.3 Å². The highest BCUT2D eigenvalue weighted by molar-refractivity contribution is 5.93. The van der Waals surface area contributed by atoms with Crippen LogP contribution in [0.25, 0.3) is 0 Å². The Hall–Kier alpha value is -2.76. The van der Waals surface area contributed by atoms with E-state index >= 15 is 0 Å². The number of nitrogens with zero attached hydrogens (tertiary/aromatic N) is 2. The lowest BCUT2D eigenvalue weighted by atomic mass is 10.1. The number of hydrogen-bond acceptors (Lipinski definition) is 4. The Morgan fingerprint density at radius 2 is 1.95 bits per heavy atom. The largest absolute Gasteiger partial charge is 0.454 e. The van der Waals surface area contributed by atoms with E-state index in [0.717, 1.165) is 23.2 Å². The molecule has 2 aliphatic rings. The first kappa shape index (κ1) is 12.9. The van der Waals surface area contributed by atoms with E-state index in [1.54, 1.807) is 11.0 Å². The van der Waals surface area contributed by atoms with Crippen molar-refractivity contribution in [1.82, 2.24) is 4.57 Å². The van der Waals surface area contributed by atoms with Crippen molar-refractivity contribution in [3.05, 3.63) is 41.2 Å². The molecule has 0 radical (unpaired) electrons. The minimum Gasteiger partial charge on any atom is -0.454 e. The number of carbonyl (C=O) groups excluding carboxylic acids is 2. The third-order valence-electron chi connectivity index (χ3n) is 4.12. The van der Waals surface area contributed by atoms with Gasteiger partial charge in [-0.05, 0) is 23.8 Å². The average molecular weight is 298 g/mol. The van der Waals surface area contributed by atoms with Gasteiger partial charge in [-0.3, -0.25) is 9.59 Å². The van der Waals surface area contributed by atoms with Crippen molar-refractivity contribution in [2.45, 2.75) is 20.0 Å². The van der Waals surface area contributed by atoms with Gasteiger partial charge in [0.15, 0.2) is 17.8 Å². The van der Waals surface area contributed by atoms with E-state index < -0.39 is 0 Å². The standard InChI is InChI=1S/C16H14N2O4/c1-10(20)17-7-12-2-3-13(8-19)18(12)6-11-4-15-16(5-14(11)17)22-9-21-15/h2-5,8H,6-7,9H2,1H3. The normalized spacial score (nSPS) is 15.0. The molecule has 0 aliphatic carbocycles. The van der Waals surface area contributed by atoms with E-state index in [1.165, 1.54) is 6.92 Å². The van der Waals surface area contributed by atoms with Crippen molar-refractivity contribution in [2.24, 2.45) is 0 Å². The third-order valence-corrected chi connectivity index (χ3v) is 4.12.